The van der Waals surface area contributed by atoms with Gasteiger partial charge in [0.1, 0.15) is 30.5 Å². The van der Waals surface area contributed by atoms with Gasteiger partial charge in [-0.2, -0.15) is 13.2 Å². The molecule has 0 amide bonds. The zero-order valence-corrected chi connectivity index (χ0v) is 16.7. The molecule has 1 fully saturated rings. The van der Waals surface area contributed by atoms with Crippen molar-refractivity contribution in [2.45, 2.75) is 62.4 Å². The molecule has 168 valence electrons. The Balaban J connectivity index is 1.65. The van der Waals surface area contributed by atoms with Crippen LogP contribution in [0.15, 0.2) is 36.4 Å². The molecule has 2 aromatic carbocycles. The first kappa shape index (κ1) is 22.2. The van der Waals surface area contributed by atoms with Crippen LogP contribution in [0, 0.1) is 0 Å². The van der Waals surface area contributed by atoms with Crippen LogP contribution in [0.4, 0.5) is 13.2 Å². The number of ether oxygens (including phenoxy) is 1. The maximum absolute atomic E-state index is 12.8. The molecule has 1 aliphatic heterocycles. The fourth-order valence-electron chi connectivity index (χ4n) is 4.55. The van der Waals surface area contributed by atoms with Gasteiger partial charge in [-0.3, -0.25) is 0 Å². The Kier molecular flexibility index (Phi) is 6.11. The molecule has 2 aromatic rings. The van der Waals surface area contributed by atoms with E-state index in [-0.39, 0.29) is 0 Å². The molecule has 0 saturated carbocycles. The summed E-state index contributed by atoms with van der Waals surface area (Å²) in [6.07, 6.45) is -7.54. The normalized spacial score (nSPS) is 28.5. The van der Waals surface area contributed by atoms with Crippen molar-refractivity contribution >= 4 is 0 Å². The van der Waals surface area contributed by atoms with Crippen LogP contribution in [0.5, 0.6) is 0 Å². The summed E-state index contributed by atoms with van der Waals surface area (Å²) in [4.78, 5) is 0. The Morgan fingerprint density at radius 3 is 2.29 bits per heavy atom. The van der Waals surface area contributed by atoms with Gasteiger partial charge in [-0.25, -0.2) is 0 Å². The van der Waals surface area contributed by atoms with Crippen LogP contribution in [0.2, 0.25) is 0 Å². The third-order valence-electron chi connectivity index (χ3n) is 6.23. The van der Waals surface area contributed by atoms with Crippen molar-refractivity contribution in [2.75, 3.05) is 6.61 Å². The number of hydrogen-bond acceptors (Lipinski definition) is 5. The molecule has 31 heavy (non-hydrogen) atoms. The summed E-state index contributed by atoms with van der Waals surface area (Å²) < 4.78 is 44.2. The standard InChI is InChI=1S/C23H25F3O5/c24-23(25,26)16-6-4-12(5-7-16)8-14-10-15(9-13-2-1-3-17(13)14)22-21(30)20(29)19(28)18(11-27)31-22/h4-7,9-10,18-22,27-30H,1-3,8,11H2/t18-,19-,20+,21-,22+/m1/s1. The lowest BCUT2D eigenvalue weighted by atomic mass is 9.87. The van der Waals surface area contributed by atoms with Crippen molar-refractivity contribution in [3.05, 3.63) is 69.8 Å². The Labute approximate surface area is 177 Å². The van der Waals surface area contributed by atoms with Crippen LogP contribution in [-0.2, 0) is 30.2 Å². The first-order chi connectivity index (χ1) is 14.7. The summed E-state index contributed by atoms with van der Waals surface area (Å²) >= 11 is 0. The SMILES string of the molecule is OC[C@H]1O[C@@H](c2cc3c(c(Cc4ccc(C(F)(F)F)cc4)c2)CCC3)[C@H](O)[C@@H](O)[C@@H]1O. The Hall–Kier alpha value is -1.97. The molecule has 1 heterocycles. The molecule has 0 radical (unpaired) electrons. The maximum atomic E-state index is 12.8. The van der Waals surface area contributed by atoms with E-state index in [0.717, 1.165) is 53.6 Å². The van der Waals surface area contributed by atoms with E-state index in [1.807, 2.05) is 12.1 Å². The average Bonchev–Trinajstić information content (AvgIpc) is 3.21. The second-order valence-electron chi connectivity index (χ2n) is 8.29. The monoisotopic (exact) mass is 438 g/mol. The number of aliphatic hydroxyl groups excluding tert-OH is 4. The minimum absolute atomic E-state index is 0.422. The third-order valence-corrected chi connectivity index (χ3v) is 6.23. The van der Waals surface area contributed by atoms with Gasteiger partial charge in [0.05, 0.1) is 12.2 Å². The molecule has 5 nitrogen and oxygen atoms in total. The number of hydrogen-bond donors (Lipinski definition) is 4. The van der Waals surface area contributed by atoms with Crippen molar-refractivity contribution in [3.63, 3.8) is 0 Å². The predicted molar refractivity (Wildman–Crippen MR) is 105 cm³/mol. The smallest absolute Gasteiger partial charge is 0.394 e. The van der Waals surface area contributed by atoms with Gasteiger partial charge in [0.25, 0.3) is 0 Å². The third kappa shape index (κ3) is 4.36. The van der Waals surface area contributed by atoms with Crippen molar-refractivity contribution in [1.82, 2.24) is 0 Å². The van der Waals surface area contributed by atoms with Crippen LogP contribution < -0.4 is 0 Å². The van der Waals surface area contributed by atoms with Crippen molar-refractivity contribution in [2.24, 2.45) is 0 Å². The summed E-state index contributed by atoms with van der Waals surface area (Å²) in [5, 5.41) is 40.1. The lowest BCUT2D eigenvalue weighted by Gasteiger charge is -2.40. The van der Waals surface area contributed by atoms with E-state index in [9.17, 15) is 33.6 Å². The molecule has 1 saturated heterocycles. The van der Waals surface area contributed by atoms with E-state index in [1.54, 1.807) is 0 Å². The highest BCUT2D eigenvalue weighted by Crippen LogP contribution is 2.37. The van der Waals surface area contributed by atoms with Gasteiger partial charge in [0.15, 0.2) is 0 Å². The highest BCUT2D eigenvalue weighted by molar-refractivity contribution is 5.45. The first-order valence-corrected chi connectivity index (χ1v) is 10.3. The highest BCUT2D eigenvalue weighted by atomic mass is 19.4. The van der Waals surface area contributed by atoms with Gasteiger partial charge in [0, 0.05) is 0 Å². The van der Waals surface area contributed by atoms with Crippen molar-refractivity contribution in [1.29, 1.82) is 0 Å². The molecule has 4 rings (SSSR count). The topological polar surface area (TPSA) is 90.2 Å². The van der Waals surface area contributed by atoms with Crippen LogP contribution in [0.25, 0.3) is 0 Å². The fourth-order valence-corrected chi connectivity index (χ4v) is 4.55. The second-order valence-corrected chi connectivity index (χ2v) is 8.29. The van der Waals surface area contributed by atoms with Gasteiger partial charge in [-0.15, -0.1) is 0 Å². The number of rotatable bonds is 4. The van der Waals surface area contributed by atoms with E-state index < -0.39 is 48.9 Å². The molecule has 0 spiro atoms. The number of fused-ring (bicyclic) bond motifs is 1. The molecule has 4 N–H and O–H groups in total. The van der Waals surface area contributed by atoms with E-state index in [1.165, 1.54) is 12.1 Å². The fraction of sp³-hybridized carbons (Fsp3) is 0.478. The summed E-state index contributed by atoms with van der Waals surface area (Å²) in [6, 6.07) is 8.81. The second kappa shape index (κ2) is 8.52. The lowest BCUT2D eigenvalue weighted by Crippen LogP contribution is -2.55. The summed E-state index contributed by atoms with van der Waals surface area (Å²) in [7, 11) is 0. The number of halogens is 3. The van der Waals surface area contributed by atoms with Crippen LogP contribution >= 0.6 is 0 Å². The molecule has 1 aliphatic carbocycles. The summed E-state index contributed by atoms with van der Waals surface area (Å²) in [5.74, 6) is 0. The number of alkyl halides is 3. The quantitative estimate of drug-likeness (QED) is 0.588. The summed E-state index contributed by atoms with van der Waals surface area (Å²) in [6.45, 7) is -0.509. The molecular formula is C23H25F3O5. The van der Waals surface area contributed by atoms with E-state index in [4.69, 9.17) is 4.74 Å². The van der Waals surface area contributed by atoms with E-state index in [2.05, 4.69) is 0 Å². The van der Waals surface area contributed by atoms with Gasteiger partial charge >= 0.3 is 6.18 Å². The Bertz CT molecular complexity index is 926. The Morgan fingerprint density at radius 1 is 0.935 bits per heavy atom. The van der Waals surface area contributed by atoms with E-state index >= 15 is 0 Å². The number of aryl methyl sites for hydroxylation is 1. The molecule has 2 aliphatic rings. The minimum Gasteiger partial charge on any atom is -0.394 e. The van der Waals surface area contributed by atoms with E-state index in [0.29, 0.717) is 12.0 Å². The highest BCUT2D eigenvalue weighted by Gasteiger charge is 2.44. The maximum Gasteiger partial charge on any atom is 0.416 e. The molecule has 5 atom stereocenters. The number of aliphatic hydroxyl groups is 4. The molecule has 0 bridgehead atoms. The largest absolute Gasteiger partial charge is 0.416 e. The van der Waals surface area contributed by atoms with Crippen molar-refractivity contribution in [3.8, 4) is 0 Å². The summed E-state index contributed by atoms with van der Waals surface area (Å²) in [5.41, 5.74) is 3.80. The van der Waals surface area contributed by atoms with Gasteiger partial charge in [-0.1, -0.05) is 24.3 Å². The Morgan fingerprint density at radius 2 is 1.65 bits per heavy atom. The van der Waals surface area contributed by atoms with Crippen LogP contribution in [0.3, 0.4) is 0 Å². The zero-order chi connectivity index (χ0) is 22.3. The average molecular weight is 438 g/mol. The van der Waals surface area contributed by atoms with Crippen LogP contribution in [-0.4, -0.2) is 51.4 Å². The predicted octanol–water partition coefficient (Wildman–Crippen LogP) is 2.30. The lowest BCUT2D eigenvalue weighted by molar-refractivity contribution is -0.231. The van der Waals surface area contributed by atoms with Crippen molar-refractivity contribution < 1.29 is 38.3 Å². The molecule has 0 aromatic heterocycles. The van der Waals surface area contributed by atoms with Gasteiger partial charge in [-0.05, 0) is 65.6 Å². The molecule has 0 unspecified atom stereocenters. The number of benzene rings is 2. The molecule has 8 heteroatoms. The minimum atomic E-state index is -4.39. The van der Waals surface area contributed by atoms with Gasteiger partial charge < -0.3 is 25.2 Å². The van der Waals surface area contributed by atoms with Gasteiger partial charge in [0.2, 0.25) is 0 Å². The van der Waals surface area contributed by atoms with Crippen LogP contribution in [0.1, 0.15) is 45.9 Å². The first-order valence-electron chi connectivity index (χ1n) is 10.3. The molecular weight excluding hydrogens is 413 g/mol. The zero-order valence-electron chi connectivity index (χ0n) is 16.7.